The number of carbonyl (C=O) groups excluding carboxylic acids is 2. The Morgan fingerprint density at radius 3 is 2.32 bits per heavy atom. The molecule has 0 aliphatic carbocycles. The second-order valence-corrected chi connectivity index (χ2v) is 6.31. The molecule has 1 aliphatic rings. The van der Waals surface area contributed by atoms with E-state index in [1.807, 2.05) is 0 Å². The van der Waals surface area contributed by atoms with E-state index in [1.54, 1.807) is 28.0 Å². The molecule has 0 atom stereocenters. The second kappa shape index (κ2) is 8.04. The van der Waals surface area contributed by atoms with Crippen molar-refractivity contribution in [2.24, 2.45) is 0 Å². The number of carbonyl (C=O) groups is 2. The van der Waals surface area contributed by atoms with Gasteiger partial charge in [0.1, 0.15) is 0 Å². The molecule has 120 valence electrons. The van der Waals surface area contributed by atoms with Crippen LogP contribution in [0.25, 0.3) is 0 Å². The third-order valence-corrected chi connectivity index (χ3v) is 4.43. The highest BCUT2D eigenvalue weighted by molar-refractivity contribution is 6.35. The standard InChI is InChI=1S/C15H17Cl3N2O2/c16-5-1-2-14(21)19-6-8-20(9-7-19)15(22)12-10-11(17)3-4-13(12)18/h3-4,10H,1-2,5-9H2. The number of amides is 2. The predicted octanol–water partition coefficient (Wildman–Crippen LogP) is 3.30. The molecule has 0 aromatic heterocycles. The molecule has 4 nitrogen and oxygen atoms in total. The zero-order chi connectivity index (χ0) is 16.1. The van der Waals surface area contributed by atoms with Crippen LogP contribution >= 0.6 is 34.8 Å². The van der Waals surface area contributed by atoms with E-state index < -0.39 is 0 Å². The molecule has 7 heteroatoms. The average molecular weight is 364 g/mol. The molecular formula is C15H17Cl3N2O2. The van der Waals surface area contributed by atoms with Gasteiger partial charge in [0.15, 0.2) is 0 Å². The topological polar surface area (TPSA) is 40.6 Å². The molecule has 0 saturated carbocycles. The van der Waals surface area contributed by atoms with Crippen molar-refractivity contribution in [2.75, 3.05) is 32.1 Å². The summed E-state index contributed by atoms with van der Waals surface area (Å²) in [5, 5.41) is 0.859. The molecule has 1 heterocycles. The predicted molar refractivity (Wildman–Crippen MR) is 88.9 cm³/mol. The maximum absolute atomic E-state index is 12.5. The molecule has 1 aromatic rings. The largest absolute Gasteiger partial charge is 0.339 e. The third kappa shape index (κ3) is 4.28. The maximum atomic E-state index is 12.5. The zero-order valence-corrected chi connectivity index (χ0v) is 14.3. The van der Waals surface area contributed by atoms with Crippen LogP contribution in [0.15, 0.2) is 18.2 Å². The van der Waals surface area contributed by atoms with Gasteiger partial charge in [0.05, 0.1) is 10.6 Å². The molecular weight excluding hydrogens is 347 g/mol. The normalized spacial score (nSPS) is 15.0. The lowest BCUT2D eigenvalue weighted by Gasteiger charge is -2.35. The molecule has 2 amide bonds. The molecule has 0 bridgehead atoms. The van der Waals surface area contributed by atoms with E-state index in [0.29, 0.717) is 60.5 Å². The number of rotatable bonds is 4. The van der Waals surface area contributed by atoms with Gasteiger partial charge in [-0.05, 0) is 24.6 Å². The summed E-state index contributed by atoms with van der Waals surface area (Å²) < 4.78 is 0. The van der Waals surface area contributed by atoms with E-state index in [2.05, 4.69) is 0 Å². The Hall–Kier alpha value is -0.970. The monoisotopic (exact) mass is 362 g/mol. The van der Waals surface area contributed by atoms with Gasteiger partial charge in [-0.1, -0.05) is 23.2 Å². The number of halogens is 3. The third-order valence-electron chi connectivity index (χ3n) is 3.60. The number of alkyl halides is 1. The van der Waals surface area contributed by atoms with Crippen LogP contribution in [-0.2, 0) is 4.79 Å². The van der Waals surface area contributed by atoms with Crippen LogP contribution in [-0.4, -0.2) is 53.7 Å². The van der Waals surface area contributed by atoms with Crippen molar-refractivity contribution in [2.45, 2.75) is 12.8 Å². The lowest BCUT2D eigenvalue weighted by molar-refractivity contribution is -0.132. The molecule has 22 heavy (non-hydrogen) atoms. The van der Waals surface area contributed by atoms with Crippen molar-refractivity contribution in [3.8, 4) is 0 Å². The Labute approximate surface area is 144 Å². The fourth-order valence-electron chi connectivity index (χ4n) is 2.37. The van der Waals surface area contributed by atoms with E-state index in [0.717, 1.165) is 0 Å². The van der Waals surface area contributed by atoms with Gasteiger partial charge in [-0.25, -0.2) is 0 Å². The smallest absolute Gasteiger partial charge is 0.255 e. The molecule has 1 saturated heterocycles. The molecule has 2 rings (SSSR count). The lowest BCUT2D eigenvalue weighted by Crippen LogP contribution is -2.50. The summed E-state index contributed by atoms with van der Waals surface area (Å²) in [6.07, 6.45) is 1.13. The minimum atomic E-state index is -0.152. The second-order valence-electron chi connectivity index (χ2n) is 5.09. The lowest BCUT2D eigenvalue weighted by atomic mass is 10.1. The van der Waals surface area contributed by atoms with Gasteiger partial charge in [-0.2, -0.15) is 0 Å². The summed E-state index contributed by atoms with van der Waals surface area (Å²) in [6, 6.07) is 4.83. The fourth-order valence-corrected chi connectivity index (χ4v) is 2.87. The first-order valence-corrected chi connectivity index (χ1v) is 8.40. The van der Waals surface area contributed by atoms with Crippen LogP contribution in [0.2, 0.25) is 10.0 Å². The van der Waals surface area contributed by atoms with Crippen molar-refractivity contribution in [1.82, 2.24) is 9.80 Å². The SMILES string of the molecule is O=C(CCCCl)N1CCN(C(=O)c2cc(Cl)ccc2Cl)CC1. The maximum Gasteiger partial charge on any atom is 0.255 e. The molecule has 0 unspecified atom stereocenters. The Bertz CT molecular complexity index is 558. The van der Waals surface area contributed by atoms with Crippen LogP contribution in [0.1, 0.15) is 23.2 Å². The Balaban J connectivity index is 1.95. The summed E-state index contributed by atoms with van der Waals surface area (Å²) in [4.78, 5) is 27.9. The molecule has 1 aromatic carbocycles. The van der Waals surface area contributed by atoms with Crippen molar-refractivity contribution >= 4 is 46.6 Å². The van der Waals surface area contributed by atoms with Gasteiger partial charge in [-0.15, -0.1) is 11.6 Å². The van der Waals surface area contributed by atoms with Crippen molar-refractivity contribution in [3.63, 3.8) is 0 Å². The van der Waals surface area contributed by atoms with Gasteiger partial charge in [0.25, 0.3) is 5.91 Å². The van der Waals surface area contributed by atoms with Crippen LogP contribution in [0.4, 0.5) is 0 Å². The summed E-state index contributed by atoms with van der Waals surface area (Å²) in [5.74, 6) is 0.422. The number of hydrogen-bond acceptors (Lipinski definition) is 2. The molecule has 0 radical (unpaired) electrons. The summed E-state index contributed by atoms with van der Waals surface area (Å²) in [6.45, 7) is 2.05. The molecule has 0 spiro atoms. The highest BCUT2D eigenvalue weighted by Crippen LogP contribution is 2.22. The van der Waals surface area contributed by atoms with Crippen LogP contribution in [0.5, 0.6) is 0 Å². The number of benzene rings is 1. The zero-order valence-electron chi connectivity index (χ0n) is 12.0. The van der Waals surface area contributed by atoms with Gasteiger partial charge < -0.3 is 9.80 Å². The van der Waals surface area contributed by atoms with E-state index in [-0.39, 0.29) is 11.8 Å². The average Bonchev–Trinajstić information content (AvgIpc) is 2.54. The highest BCUT2D eigenvalue weighted by Gasteiger charge is 2.25. The summed E-state index contributed by atoms with van der Waals surface area (Å²) in [5.41, 5.74) is 0.399. The number of piperazine rings is 1. The Kier molecular flexibility index (Phi) is 6.36. The first-order chi connectivity index (χ1) is 10.5. The van der Waals surface area contributed by atoms with Crippen LogP contribution in [0.3, 0.4) is 0 Å². The summed E-state index contributed by atoms with van der Waals surface area (Å²) in [7, 11) is 0. The van der Waals surface area contributed by atoms with Gasteiger partial charge in [0, 0.05) is 43.5 Å². The van der Waals surface area contributed by atoms with E-state index in [9.17, 15) is 9.59 Å². The Morgan fingerprint density at radius 2 is 1.68 bits per heavy atom. The quantitative estimate of drug-likeness (QED) is 0.770. The first-order valence-electron chi connectivity index (χ1n) is 7.11. The van der Waals surface area contributed by atoms with Gasteiger partial charge in [0.2, 0.25) is 5.91 Å². The minimum Gasteiger partial charge on any atom is -0.339 e. The molecule has 1 fully saturated rings. The first kappa shape index (κ1) is 17.4. The van der Waals surface area contributed by atoms with Crippen molar-refractivity contribution < 1.29 is 9.59 Å². The number of hydrogen-bond donors (Lipinski definition) is 0. The van der Waals surface area contributed by atoms with E-state index in [1.165, 1.54) is 0 Å². The van der Waals surface area contributed by atoms with Crippen molar-refractivity contribution in [3.05, 3.63) is 33.8 Å². The van der Waals surface area contributed by atoms with Gasteiger partial charge >= 0.3 is 0 Å². The van der Waals surface area contributed by atoms with Crippen LogP contribution in [0, 0.1) is 0 Å². The summed E-state index contributed by atoms with van der Waals surface area (Å²) >= 11 is 17.6. The minimum absolute atomic E-state index is 0.0912. The fraction of sp³-hybridized carbons (Fsp3) is 0.467. The highest BCUT2D eigenvalue weighted by atomic mass is 35.5. The van der Waals surface area contributed by atoms with E-state index >= 15 is 0 Å². The number of nitrogens with zero attached hydrogens (tertiary/aromatic N) is 2. The van der Waals surface area contributed by atoms with Crippen LogP contribution < -0.4 is 0 Å². The Morgan fingerprint density at radius 1 is 1.05 bits per heavy atom. The van der Waals surface area contributed by atoms with Crippen molar-refractivity contribution in [1.29, 1.82) is 0 Å². The van der Waals surface area contributed by atoms with Gasteiger partial charge in [-0.3, -0.25) is 9.59 Å². The van der Waals surface area contributed by atoms with E-state index in [4.69, 9.17) is 34.8 Å². The molecule has 0 N–H and O–H groups in total. The molecule has 1 aliphatic heterocycles.